The highest BCUT2D eigenvalue weighted by molar-refractivity contribution is 9.10. The maximum atomic E-state index is 13.5. The molecule has 2 aromatic carbocycles. The summed E-state index contributed by atoms with van der Waals surface area (Å²) >= 11 is 9.64. The van der Waals surface area contributed by atoms with Gasteiger partial charge in [-0.2, -0.15) is 0 Å². The standard InChI is InChI=1S/C17H18BrClFN/c1-2-7-21-17(15-5-3-4-6-16(15)19)10-12-8-13(18)11-14(20)9-12/h3-6,8-9,11,17,21H,2,7,10H2,1H3. The Bertz CT molecular complexity index is 583. The number of rotatable bonds is 6. The van der Waals surface area contributed by atoms with Gasteiger partial charge in [0.15, 0.2) is 0 Å². The number of halogens is 3. The summed E-state index contributed by atoms with van der Waals surface area (Å²) in [5, 5.41) is 4.23. The fourth-order valence-corrected chi connectivity index (χ4v) is 3.11. The van der Waals surface area contributed by atoms with Crippen LogP contribution in [0.3, 0.4) is 0 Å². The lowest BCUT2D eigenvalue weighted by Crippen LogP contribution is -2.24. The van der Waals surface area contributed by atoms with Gasteiger partial charge in [0.1, 0.15) is 5.82 Å². The average Bonchev–Trinajstić information content (AvgIpc) is 2.43. The van der Waals surface area contributed by atoms with Crippen molar-refractivity contribution in [1.82, 2.24) is 5.32 Å². The molecule has 0 bridgehead atoms. The molecule has 1 N–H and O–H groups in total. The van der Waals surface area contributed by atoms with Crippen LogP contribution < -0.4 is 5.32 Å². The Kier molecular flexibility index (Phi) is 6.22. The quantitative estimate of drug-likeness (QED) is 0.705. The van der Waals surface area contributed by atoms with Gasteiger partial charge in [-0.1, -0.05) is 52.7 Å². The van der Waals surface area contributed by atoms with E-state index >= 15 is 0 Å². The lowest BCUT2D eigenvalue weighted by Gasteiger charge is -2.20. The molecule has 1 unspecified atom stereocenters. The van der Waals surface area contributed by atoms with Crippen molar-refractivity contribution in [2.45, 2.75) is 25.8 Å². The third-order valence-electron chi connectivity index (χ3n) is 3.28. The second-order valence-electron chi connectivity index (χ2n) is 5.01. The predicted molar refractivity (Wildman–Crippen MR) is 90.3 cm³/mol. The van der Waals surface area contributed by atoms with Gasteiger partial charge in [-0.25, -0.2) is 4.39 Å². The molecular formula is C17H18BrClFN. The van der Waals surface area contributed by atoms with Gasteiger partial charge in [-0.3, -0.25) is 0 Å². The Morgan fingerprint density at radius 1 is 1.24 bits per heavy atom. The molecule has 2 rings (SSSR count). The van der Waals surface area contributed by atoms with Crippen LogP contribution >= 0.6 is 27.5 Å². The van der Waals surface area contributed by atoms with E-state index in [1.165, 1.54) is 6.07 Å². The van der Waals surface area contributed by atoms with Crippen molar-refractivity contribution >= 4 is 27.5 Å². The van der Waals surface area contributed by atoms with E-state index in [1.807, 2.05) is 30.3 Å². The van der Waals surface area contributed by atoms with Crippen LogP contribution in [0.4, 0.5) is 4.39 Å². The van der Waals surface area contributed by atoms with Crippen LogP contribution in [0, 0.1) is 5.82 Å². The minimum Gasteiger partial charge on any atom is -0.310 e. The molecule has 0 aliphatic rings. The zero-order valence-electron chi connectivity index (χ0n) is 11.9. The van der Waals surface area contributed by atoms with Crippen molar-refractivity contribution in [1.29, 1.82) is 0 Å². The van der Waals surface area contributed by atoms with Crippen molar-refractivity contribution in [2.75, 3.05) is 6.54 Å². The lowest BCUT2D eigenvalue weighted by molar-refractivity contribution is 0.527. The first-order valence-electron chi connectivity index (χ1n) is 7.03. The van der Waals surface area contributed by atoms with Crippen LogP contribution in [0.25, 0.3) is 0 Å². The summed E-state index contributed by atoms with van der Waals surface area (Å²) in [4.78, 5) is 0. The average molecular weight is 371 g/mol. The highest BCUT2D eigenvalue weighted by Gasteiger charge is 2.15. The van der Waals surface area contributed by atoms with E-state index < -0.39 is 0 Å². The van der Waals surface area contributed by atoms with Gasteiger partial charge in [-0.15, -0.1) is 0 Å². The third kappa shape index (κ3) is 4.80. The first-order valence-corrected chi connectivity index (χ1v) is 8.20. The van der Waals surface area contributed by atoms with E-state index in [9.17, 15) is 4.39 Å². The van der Waals surface area contributed by atoms with Gasteiger partial charge in [0.25, 0.3) is 0 Å². The van der Waals surface area contributed by atoms with E-state index in [-0.39, 0.29) is 11.9 Å². The SMILES string of the molecule is CCCNC(Cc1cc(F)cc(Br)c1)c1ccccc1Cl. The molecule has 0 spiro atoms. The van der Waals surface area contributed by atoms with Gasteiger partial charge < -0.3 is 5.32 Å². The molecule has 0 heterocycles. The molecule has 0 aliphatic carbocycles. The molecule has 0 saturated heterocycles. The summed E-state index contributed by atoms with van der Waals surface area (Å²) in [7, 11) is 0. The highest BCUT2D eigenvalue weighted by atomic mass is 79.9. The Labute approximate surface area is 138 Å². The molecule has 1 atom stereocenters. The zero-order valence-corrected chi connectivity index (χ0v) is 14.2. The number of hydrogen-bond acceptors (Lipinski definition) is 1. The van der Waals surface area contributed by atoms with Gasteiger partial charge in [0.2, 0.25) is 0 Å². The summed E-state index contributed by atoms with van der Waals surface area (Å²) < 4.78 is 14.3. The van der Waals surface area contributed by atoms with Gasteiger partial charge in [0.05, 0.1) is 0 Å². The summed E-state index contributed by atoms with van der Waals surface area (Å²) in [6.45, 7) is 3.02. The van der Waals surface area contributed by atoms with E-state index in [4.69, 9.17) is 11.6 Å². The molecule has 21 heavy (non-hydrogen) atoms. The van der Waals surface area contributed by atoms with Crippen LogP contribution in [0.1, 0.15) is 30.5 Å². The maximum absolute atomic E-state index is 13.5. The minimum atomic E-state index is -0.229. The fourth-order valence-electron chi connectivity index (χ4n) is 2.33. The van der Waals surface area contributed by atoms with Crippen molar-refractivity contribution in [3.63, 3.8) is 0 Å². The molecule has 0 saturated carbocycles. The van der Waals surface area contributed by atoms with Crippen molar-refractivity contribution in [3.8, 4) is 0 Å². The Balaban J connectivity index is 2.26. The van der Waals surface area contributed by atoms with Crippen LogP contribution in [0.15, 0.2) is 46.9 Å². The van der Waals surface area contributed by atoms with E-state index in [1.54, 1.807) is 6.07 Å². The van der Waals surface area contributed by atoms with Gasteiger partial charge in [-0.05, 0) is 54.8 Å². The topological polar surface area (TPSA) is 12.0 Å². The monoisotopic (exact) mass is 369 g/mol. The first-order chi connectivity index (χ1) is 10.1. The second-order valence-corrected chi connectivity index (χ2v) is 6.33. The fraction of sp³-hybridized carbons (Fsp3) is 0.294. The molecule has 2 aromatic rings. The predicted octanol–water partition coefficient (Wildman–Crippen LogP) is 5.53. The van der Waals surface area contributed by atoms with E-state index in [2.05, 4.69) is 28.2 Å². The molecule has 0 aliphatic heterocycles. The molecule has 0 aromatic heterocycles. The summed E-state index contributed by atoms with van der Waals surface area (Å²) in [5.74, 6) is -0.229. The van der Waals surface area contributed by atoms with Gasteiger partial charge in [0, 0.05) is 15.5 Å². The van der Waals surface area contributed by atoms with Crippen LogP contribution in [0.2, 0.25) is 5.02 Å². The summed E-state index contributed by atoms with van der Waals surface area (Å²) in [6.07, 6.45) is 1.73. The number of hydrogen-bond donors (Lipinski definition) is 1. The smallest absolute Gasteiger partial charge is 0.124 e. The highest BCUT2D eigenvalue weighted by Crippen LogP contribution is 2.27. The second kappa shape index (κ2) is 7.92. The van der Waals surface area contributed by atoms with Gasteiger partial charge >= 0.3 is 0 Å². The Morgan fingerprint density at radius 2 is 2.00 bits per heavy atom. The summed E-state index contributed by atoms with van der Waals surface area (Å²) in [6, 6.07) is 12.9. The molecule has 0 radical (unpaired) electrons. The number of nitrogens with one attached hydrogen (secondary N) is 1. The molecule has 0 fully saturated rings. The lowest BCUT2D eigenvalue weighted by atomic mass is 9.98. The third-order valence-corrected chi connectivity index (χ3v) is 4.09. The van der Waals surface area contributed by atoms with E-state index in [0.29, 0.717) is 6.42 Å². The number of benzene rings is 2. The molecular weight excluding hydrogens is 353 g/mol. The van der Waals surface area contributed by atoms with Crippen LogP contribution in [0.5, 0.6) is 0 Å². The molecule has 4 heteroatoms. The largest absolute Gasteiger partial charge is 0.310 e. The minimum absolute atomic E-state index is 0.0762. The molecule has 112 valence electrons. The molecule has 1 nitrogen and oxygen atoms in total. The Morgan fingerprint density at radius 3 is 2.67 bits per heavy atom. The Hall–Kier alpha value is -0.900. The van der Waals surface area contributed by atoms with Crippen molar-refractivity contribution < 1.29 is 4.39 Å². The zero-order chi connectivity index (χ0) is 15.2. The van der Waals surface area contributed by atoms with Crippen molar-refractivity contribution in [2.24, 2.45) is 0 Å². The maximum Gasteiger partial charge on any atom is 0.124 e. The summed E-state index contributed by atoms with van der Waals surface area (Å²) in [5.41, 5.74) is 1.99. The first kappa shape index (κ1) is 16.5. The normalized spacial score (nSPS) is 12.4. The van der Waals surface area contributed by atoms with Crippen LogP contribution in [-0.4, -0.2) is 6.54 Å². The van der Waals surface area contributed by atoms with E-state index in [0.717, 1.165) is 33.6 Å². The molecule has 0 amide bonds. The van der Waals surface area contributed by atoms with Crippen LogP contribution in [-0.2, 0) is 6.42 Å². The van der Waals surface area contributed by atoms with Crippen molar-refractivity contribution in [3.05, 3.63) is 68.9 Å².